The number of piperidine rings is 1. The molecule has 4 unspecified atom stereocenters. The van der Waals surface area contributed by atoms with Gasteiger partial charge in [0.1, 0.15) is 5.54 Å². The standard InChI is InChI=1S/C17H17N3O3/c21-14-12-11-7-3-4-8-20(11)17(13(12)15(22)19-14)9-5-1-2-6-10(9)18-16(17)23/h1-2,5-6,11-13H,3-4,7-8H2,(H,18,23)(H,19,21,22). The average molecular weight is 311 g/mol. The number of amides is 3. The number of benzene rings is 1. The number of anilines is 1. The maximum atomic E-state index is 13.1. The summed E-state index contributed by atoms with van der Waals surface area (Å²) >= 11 is 0. The molecule has 6 nitrogen and oxygen atoms in total. The maximum Gasteiger partial charge on any atom is 0.250 e. The van der Waals surface area contributed by atoms with Crippen LogP contribution in [0.4, 0.5) is 5.69 Å². The summed E-state index contributed by atoms with van der Waals surface area (Å²) in [5.74, 6) is -1.73. The molecular weight excluding hydrogens is 294 g/mol. The molecular formula is C17H17N3O3. The lowest BCUT2D eigenvalue weighted by Crippen LogP contribution is -2.56. The molecule has 4 heterocycles. The van der Waals surface area contributed by atoms with Gasteiger partial charge in [-0.1, -0.05) is 24.6 Å². The van der Waals surface area contributed by atoms with Crippen LogP contribution in [-0.4, -0.2) is 35.2 Å². The van der Waals surface area contributed by atoms with Gasteiger partial charge >= 0.3 is 0 Å². The van der Waals surface area contributed by atoms with E-state index in [9.17, 15) is 14.4 Å². The van der Waals surface area contributed by atoms with Crippen LogP contribution in [0.25, 0.3) is 0 Å². The molecule has 4 atom stereocenters. The fourth-order valence-corrected chi connectivity index (χ4v) is 5.25. The predicted molar refractivity (Wildman–Crippen MR) is 81.2 cm³/mol. The van der Waals surface area contributed by atoms with Crippen molar-refractivity contribution >= 4 is 23.4 Å². The summed E-state index contributed by atoms with van der Waals surface area (Å²) in [5.41, 5.74) is 0.576. The lowest BCUT2D eigenvalue weighted by Gasteiger charge is -2.41. The van der Waals surface area contributed by atoms with E-state index in [0.717, 1.165) is 37.1 Å². The van der Waals surface area contributed by atoms with Crippen molar-refractivity contribution in [1.29, 1.82) is 0 Å². The van der Waals surface area contributed by atoms with Gasteiger partial charge in [0.25, 0.3) is 0 Å². The number of carbonyl (C=O) groups is 3. The van der Waals surface area contributed by atoms with E-state index in [1.165, 1.54) is 0 Å². The number of hydrogen-bond acceptors (Lipinski definition) is 4. The number of rotatable bonds is 0. The highest BCUT2D eigenvalue weighted by molar-refractivity contribution is 6.15. The third-order valence-electron chi connectivity index (χ3n) is 5.99. The summed E-state index contributed by atoms with van der Waals surface area (Å²) in [4.78, 5) is 40.2. The van der Waals surface area contributed by atoms with Crippen LogP contribution in [-0.2, 0) is 19.9 Å². The summed E-state index contributed by atoms with van der Waals surface area (Å²) < 4.78 is 0. The Morgan fingerprint density at radius 2 is 1.87 bits per heavy atom. The van der Waals surface area contributed by atoms with Crippen LogP contribution in [0.2, 0.25) is 0 Å². The molecule has 1 aromatic rings. The Kier molecular flexibility index (Phi) is 2.42. The molecule has 23 heavy (non-hydrogen) atoms. The van der Waals surface area contributed by atoms with Gasteiger partial charge in [-0.2, -0.15) is 0 Å². The van der Waals surface area contributed by atoms with Crippen molar-refractivity contribution in [2.45, 2.75) is 30.8 Å². The molecule has 1 spiro atoms. The van der Waals surface area contributed by atoms with E-state index in [1.54, 1.807) is 0 Å². The third-order valence-corrected chi connectivity index (χ3v) is 5.99. The SMILES string of the molecule is O=C1NC(=O)C2C1C1CCCCN1C21C(=O)Nc2ccccc21. The molecule has 3 saturated heterocycles. The maximum absolute atomic E-state index is 13.1. The van der Waals surface area contributed by atoms with Crippen LogP contribution in [0.5, 0.6) is 0 Å². The van der Waals surface area contributed by atoms with Crippen molar-refractivity contribution in [1.82, 2.24) is 10.2 Å². The smallest absolute Gasteiger partial charge is 0.250 e. The summed E-state index contributed by atoms with van der Waals surface area (Å²) in [6.07, 6.45) is 2.88. The van der Waals surface area contributed by atoms with Crippen LogP contribution in [0.3, 0.4) is 0 Å². The number of nitrogens with zero attached hydrogens (tertiary/aromatic N) is 1. The Labute approximate surface area is 133 Å². The Morgan fingerprint density at radius 3 is 2.74 bits per heavy atom. The largest absolute Gasteiger partial charge is 0.324 e. The lowest BCUT2D eigenvalue weighted by atomic mass is 9.76. The second-order valence-electron chi connectivity index (χ2n) is 6.88. The number of imide groups is 1. The Bertz CT molecular complexity index is 761. The van der Waals surface area contributed by atoms with Gasteiger partial charge in [0.15, 0.2) is 0 Å². The van der Waals surface area contributed by atoms with Gasteiger partial charge in [-0.05, 0) is 25.5 Å². The van der Waals surface area contributed by atoms with E-state index in [2.05, 4.69) is 15.5 Å². The predicted octanol–water partition coefficient (Wildman–Crippen LogP) is 0.591. The second kappa shape index (κ2) is 4.20. The number of fused-ring (bicyclic) bond motifs is 7. The van der Waals surface area contributed by atoms with E-state index in [4.69, 9.17) is 0 Å². The molecule has 0 saturated carbocycles. The highest BCUT2D eigenvalue weighted by Crippen LogP contribution is 2.58. The monoisotopic (exact) mass is 311 g/mol. The molecule has 3 fully saturated rings. The van der Waals surface area contributed by atoms with E-state index >= 15 is 0 Å². The molecule has 118 valence electrons. The van der Waals surface area contributed by atoms with Crippen molar-refractivity contribution in [2.75, 3.05) is 11.9 Å². The topological polar surface area (TPSA) is 78.5 Å². The quantitative estimate of drug-likeness (QED) is 0.688. The zero-order valence-electron chi connectivity index (χ0n) is 12.5. The molecule has 6 heteroatoms. The number of para-hydroxylation sites is 1. The van der Waals surface area contributed by atoms with E-state index < -0.39 is 17.4 Å². The van der Waals surface area contributed by atoms with Crippen LogP contribution in [0.15, 0.2) is 24.3 Å². The molecule has 5 rings (SSSR count). The molecule has 2 N–H and O–H groups in total. The summed E-state index contributed by atoms with van der Waals surface area (Å²) in [7, 11) is 0. The van der Waals surface area contributed by atoms with Gasteiger partial charge in [0, 0.05) is 17.3 Å². The molecule has 0 radical (unpaired) electrons. The lowest BCUT2D eigenvalue weighted by molar-refractivity contribution is -0.138. The molecule has 0 aromatic heterocycles. The number of nitrogens with one attached hydrogen (secondary N) is 2. The number of carbonyl (C=O) groups excluding carboxylic acids is 3. The van der Waals surface area contributed by atoms with Gasteiger partial charge in [-0.25, -0.2) is 0 Å². The average Bonchev–Trinajstić information content (AvgIpc) is 3.13. The first-order chi connectivity index (χ1) is 11.2. The van der Waals surface area contributed by atoms with Crippen LogP contribution in [0, 0.1) is 11.8 Å². The van der Waals surface area contributed by atoms with E-state index in [1.807, 2.05) is 24.3 Å². The van der Waals surface area contributed by atoms with Crippen molar-refractivity contribution in [3.05, 3.63) is 29.8 Å². The second-order valence-corrected chi connectivity index (χ2v) is 6.88. The van der Waals surface area contributed by atoms with Gasteiger partial charge in [0.2, 0.25) is 17.7 Å². The Morgan fingerprint density at radius 1 is 1.04 bits per heavy atom. The Hall–Kier alpha value is -2.21. The molecule has 4 aliphatic rings. The minimum Gasteiger partial charge on any atom is -0.324 e. The van der Waals surface area contributed by atoms with Crippen molar-refractivity contribution in [3.8, 4) is 0 Å². The first-order valence-electron chi connectivity index (χ1n) is 8.18. The summed E-state index contributed by atoms with van der Waals surface area (Å²) in [5, 5.41) is 5.41. The summed E-state index contributed by atoms with van der Waals surface area (Å²) in [6, 6.07) is 7.51. The molecule has 0 bridgehead atoms. The van der Waals surface area contributed by atoms with Crippen molar-refractivity contribution in [2.24, 2.45) is 11.8 Å². The zero-order valence-corrected chi connectivity index (χ0v) is 12.5. The minimum atomic E-state index is -1.03. The summed E-state index contributed by atoms with van der Waals surface area (Å²) in [6.45, 7) is 0.750. The van der Waals surface area contributed by atoms with E-state index in [0.29, 0.717) is 0 Å². The first-order valence-corrected chi connectivity index (χ1v) is 8.18. The molecule has 0 aliphatic carbocycles. The molecule has 3 amide bonds. The minimum absolute atomic E-state index is 0.0305. The number of hydrogen-bond donors (Lipinski definition) is 2. The highest BCUT2D eigenvalue weighted by Gasteiger charge is 2.72. The van der Waals surface area contributed by atoms with Crippen molar-refractivity contribution in [3.63, 3.8) is 0 Å². The fraction of sp³-hybridized carbons (Fsp3) is 0.471. The highest BCUT2D eigenvalue weighted by atomic mass is 16.2. The van der Waals surface area contributed by atoms with Crippen LogP contribution in [0.1, 0.15) is 24.8 Å². The van der Waals surface area contributed by atoms with Crippen LogP contribution >= 0.6 is 0 Å². The Balaban J connectivity index is 1.79. The molecule has 1 aromatic carbocycles. The normalized spacial score (nSPS) is 38.3. The van der Waals surface area contributed by atoms with E-state index in [-0.39, 0.29) is 23.8 Å². The van der Waals surface area contributed by atoms with Crippen molar-refractivity contribution < 1.29 is 14.4 Å². The first kappa shape index (κ1) is 13.2. The van der Waals surface area contributed by atoms with Gasteiger partial charge in [0.05, 0.1) is 11.8 Å². The molecule has 4 aliphatic heterocycles. The third kappa shape index (κ3) is 1.36. The van der Waals surface area contributed by atoms with Gasteiger partial charge < -0.3 is 5.32 Å². The fourth-order valence-electron chi connectivity index (χ4n) is 5.25. The van der Waals surface area contributed by atoms with Crippen LogP contribution < -0.4 is 10.6 Å². The van der Waals surface area contributed by atoms with Gasteiger partial charge in [-0.15, -0.1) is 0 Å². The van der Waals surface area contributed by atoms with Gasteiger partial charge in [-0.3, -0.25) is 24.6 Å². The zero-order chi connectivity index (χ0) is 15.8.